The smallest absolute Gasteiger partial charge is 0.0375 e. The number of rotatable bonds is 3. The van der Waals surface area contributed by atoms with Crippen molar-refractivity contribution in [3.8, 4) is 0 Å². The number of alkyl halides is 1. The van der Waals surface area contributed by atoms with Crippen LogP contribution < -0.4 is 0 Å². The Hall–Kier alpha value is -0.560. The van der Waals surface area contributed by atoms with Gasteiger partial charge in [-0.25, -0.2) is 0 Å². The molecule has 0 aromatic carbocycles. The zero-order chi connectivity index (χ0) is 8.10. The molecule has 2 heteroatoms. The first-order valence-electron chi connectivity index (χ1n) is 3.80. The van der Waals surface area contributed by atoms with Gasteiger partial charge in [0.05, 0.1) is 0 Å². The Kier molecular flexibility index (Phi) is 3.37. The molecule has 60 valence electrons. The molecule has 1 rings (SSSR count). The highest BCUT2D eigenvalue weighted by molar-refractivity contribution is 6.17. The molecule has 0 atom stereocenters. The normalized spacial score (nSPS) is 10.0. The van der Waals surface area contributed by atoms with Gasteiger partial charge in [-0.2, -0.15) is 0 Å². The number of hydrogen-bond acceptors (Lipinski definition) is 1. The summed E-state index contributed by atoms with van der Waals surface area (Å²) in [7, 11) is 0. The average Bonchev–Trinajstić information content (AvgIpc) is 2.01. The molecule has 1 nitrogen and oxygen atoms in total. The van der Waals surface area contributed by atoms with Crippen LogP contribution >= 0.6 is 11.6 Å². The van der Waals surface area contributed by atoms with E-state index in [9.17, 15) is 0 Å². The van der Waals surface area contributed by atoms with Gasteiger partial charge in [0.25, 0.3) is 0 Å². The van der Waals surface area contributed by atoms with E-state index < -0.39 is 0 Å². The first kappa shape index (κ1) is 8.54. The van der Waals surface area contributed by atoms with Gasteiger partial charge >= 0.3 is 0 Å². The summed E-state index contributed by atoms with van der Waals surface area (Å²) < 4.78 is 0. The molecule has 0 N–H and O–H groups in total. The first-order valence-corrected chi connectivity index (χ1v) is 4.34. The van der Waals surface area contributed by atoms with E-state index >= 15 is 0 Å². The van der Waals surface area contributed by atoms with Gasteiger partial charge in [0.2, 0.25) is 0 Å². The monoisotopic (exact) mass is 169 g/mol. The number of nitrogens with zero attached hydrogens (tertiary/aromatic N) is 1. The third-order valence-electron chi connectivity index (χ3n) is 1.56. The summed E-state index contributed by atoms with van der Waals surface area (Å²) in [4.78, 5) is 4.11. The molecule has 0 amide bonds. The van der Waals surface area contributed by atoms with E-state index in [-0.39, 0.29) is 0 Å². The molecule has 0 spiro atoms. The highest BCUT2D eigenvalue weighted by Gasteiger charge is 1.92. The Morgan fingerprint density at radius 2 is 2.36 bits per heavy atom. The molecule has 0 unspecified atom stereocenters. The maximum atomic E-state index is 5.58. The predicted molar refractivity (Wildman–Crippen MR) is 48.0 cm³/mol. The molecule has 1 aromatic heterocycles. The highest BCUT2D eigenvalue weighted by atomic mass is 35.5. The van der Waals surface area contributed by atoms with Gasteiger partial charge < -0.3 is 0 Å². The van der Waals surface area contributed by atoms with Crippen LogP contribution in [0.4, 0.5) is 0 Å². The molecule has 0 saturated heterocycles. The Morgan fingerprint density at radius 1 is 1.55 bits per heavy atom. The Balaban J connectivity index is 2.56. The SMILES string of the molecule is Cc1cc(CCCCl)ccn1. The molecule has 0 aliphatic heterocycles. The van der Waals surface area contributed by atoms with Gasteiger partial charge in [-0.05, 0) is 37.5 Å². The van der Waals surface area contributed by atoms with Crippen LogP contribution in [-0.2, 0) is 6.42 Å². The second kappa shape index (κ2) is 4.35. The van der Waals surface area contributed by atoms with Gasteiger partial charge in [-0.3, -0.25) is 4.98 Å². The zero-order valence-electron chi connectivity index (χ0n) is 6.68. The molecular formula is C9H12ClN. The largest absolute Gasteiger partial charge is 0.262 e. The fourth-order valence-corrected chi connectivity index (χ4v) is 1.16. The molecule has 0 radical (unpaired) electrons. The molecule has 0 fully saturated rings. The lowest BCUT2D eigenvalue weighted by Crippen LogP contribution is -1.88. The average molecular weight is 170 g/mol. The summed E-state index contributed by atoms with van der Waals surface area (Å²) in [6, 6.07) is 4.14. The van der Waals surface area contributed by atoms with Crippen molar-refractivity contribution in [2.45, 2.75) is 19.8 Å². The molecule has 0 saturated carbocycles. The van der Waals surface area contributed by atoms with Crippen LogP contribution in [-0.4, -0.2) is 10.9 Å². The quantitative estimate of drug-likeness (QED) is 0.634. The number of halogens is 1. The second-order valence-electron chi connectivity index (χ2n) is 2.60. The maximum Gasteiger partial charge on any atom is 0.0375 e. The summed E-state index contributed by atoms with van der Waals surface area (Å²) in [6.45, 7) is 2.00. The molecule has 11 heavy (non-hydrogen) atoms. The lowest BCUT2D eigenvalue weighted by molar-refractivity contribution is 0.921. The van der Waals surface area contributed by atoms with Crippen molar-refractivity contribution in [2.24, 2.45) is 0 Å². The van der Waals surface area contributed by atoms with Crippen molar-refractivity contribution < 1.29 is 0 Å². The Bertz CT molecular complexity index is 223. The van der Waals surface area contributed by atoms with Gasteiger partial charge in [0.1, 0.15) is 0 Å². The molecule has 0 aliphatic carbocycles. The van der Waals surface area contributed by atoms with E-state index in [4.69, 9.17) is 11.6 Å². The topological polar surface area (TPSA) is 12.9 Å². The fraction of sp³-hybridized carbons (Fsp3) is 0.444. The standard InChI is InChI=1S/C9H12ClN/c1-8-7-9(3-2-5-10)4-6-11-8/h4,6-7H,2-3,5H2,1H3. The van der Waals surface area contributed by atoms with Gasteiger partial charge in [0, 0.05) is 17.8 Å². The van der Waals surface area contributed by atoms with Crippen molar-refractivity contribution >= 4 is 11.6 Å². The lowest BCUT2D eigenvalue weighted by Gasteiger charge is -1.98. The molecule has 1 aromatic rings. The van der Waals surface area contributed by atoms with Crippen LogP contribution in [0.15, 0.2) is 18.3 Å². The van der Waals surface area contributed by atoms with Gasteiger partial charge in [0.15, 0.2) is 0 Å². The summed E-state index contributed by atoms with van der Waals surface area (Å²) in [6.07, 6.45) is 3.96. The number of pyridine rings is 1. The van der Waals surface area contributed by atoms with Crippen molar-refractivity contribution in [1.29, 1.82) is 0 Å². The van der Waals surface area contributed by atoms with Crippen molar-refractivity contribution in [1.82, 2.24) is 4.98 Å². The summed E-state index contributed by atoms with van der Waals surface area (Å²) in [5.74, 6) is 0.737. The van der Waals surface area contributed by atoms with Crippen molar-refractivity contribution in [2.75, 3.05) is 5.88 Å². The van der Waals surface area contributed by atoms with Crippen LogP contribution in [0.2, 0.25) is 0 Å². The Morgan fingerprint density at radius 3 is 3.00 bits per heavy atom. The first-order chi connectivity index (χ1) is 5.33. The van der Waals surface area contributed by atoms with E-state index in [0.29, 0.717) is 0 Å². The van der Waals surface area contributed by atoms with Crippen LogP contribution in [0.5, 0.6) is 0 Å². The zero-order valence-corrected chi connectivity index (χ0v) is 7.43. The minimum atomic E-state index is 0.737. The lowest BCUT2D eigenvalue weighted by atomic mass is 10.1. The van der Waals surface area contributed by atoms with E-state index in [1.165, 1.54) is 5.56 Å². The number of hydrogen-bond donors (Lipinski definition) is 0. The summed E-state index contributed by atoms with van der Waals surface area (Å²) in [5.41, 5.74) is 2.41. The van der Waals surface area contributed by atoms with Crippen LogP contribution in [0.1, 0.15) is 17.7 Å². The van der Waals surface area contributed by atoms with Crippen LogP contribution in [0.3, 0.4) is 0 Å². The van der Waals surface area contributed by atoms with E-state index in [1.807, 2.05) is 19.2 Å². The third-order valence-corrected chi connectivity index (χ3v) is 1.83. The molecule has 0 bridgehead atoms. The van der Waals surface area contributed by atoms with E-state index in [2.05, 4.69) is 11.1 Å². The second-order valence-corrected chi connectivity index (χ2v) is 2.98. The number of aryl methyl sites for hydroxylation is 2. The minimum absolute atomic E-state index is 0.737. The van der Waals surface area contributed by atoms with Crippen LogP contribution in [0.25, 0.3) is 0 Å². The fourth-order valence-electron chi connectivity index (χ4n) is 1.03. The highest BCUT2D eigenvalue weighted by Crippen LogP contribution is 2.04. The molecule has 0 aliphatic rings. The predicted octanol–water partition coefficient (Wildman–Crippen LogP) is 2.56. The number of aromatic nitrogens is 1. The van der Waals surface area contributed by atoms with Crippen molar-refractivity contribution in [3.63, 3.8) is 0 Å². The third kappa shape index (κ3) is 2.89. The van der Waals surface area contributed by atoms with Crippen LogP contribution in [0, 0.1) is 6.92 Å². The van der Waals surface area contributed by atoms with E-state index in [0.717, 1.165) is 24.4 Å². The minimum Gasteiger partial charge on any atom is -0.262 e. The van der Waals surface area contributed by atoms with E-state index in [1.54, 1.807) is 0 Å². The van der Waals surface area contributed by atoms with Gasteiger partial charge in [-0.15, -0.1) is 11.6 Å². The molecular weight excluding hydrogens is 158 g/mol. The van der Waals surface area contributed by atoms with Gasteiger partial charge in [-0.1, -0.05) is 0 Å². The molecule has 1 heterocycles. The van der Waals surface area contributed by atoms with Crippen molar-refractivity contribution in [3.05, 3.63) is 29.6 Å². The summed E-state index contributed by atoms with van der Waals surface area (Å²) >= 11 is 5.58. The summed E-state index contributed by atoms with van der Waals surface area (Å²) in [5, 5.41) is 0. The Labute approximate surface area is 72.4 Å². The maximum absolute atomic E-state index is 5.58.